The van der Waals surface area contributed by atoms with Crippen molar-refractivity contribution in [3.63, 3.8) is 0 Å². The highest BCUT2D eigenvalue weighted by Crippen LogP contribution is 2.24. The highest BCUT2D eigenvalue weighted by molar-refractivity contribution is 6.30. The van der Waals surface area contributed by atoms with Gasteiger partial charge in [0.15, 0.2) is 0 Å². The lowest BCUT2D eigenvalue weighted by atomic mass is 10.1. The fourth-order valence-corrected chi connectivity index (χ4v) is 3.04. The summed E-state index contributed by atoms with van der Waals surface area (Å²) in [6.07, 6.45) is 2.06. The Morgan fingerprint density at radius 3 is 2.20 bits per heavy atom. The number of aliphatic hydroxyl groups excluding tert-OH is 1. The quantitative estimate of drug-likeness (QED) is 0.905. The maximum absolute atomic E-state index is 9.63. The van der Waals surface area contributed by atoms with Crippen molar-refractivity contribution in [3.05, 3.63) is 70.2 Å². The second-order valence-electron chi connectivity index (χ2n) is 5.33. The minimum absolute atomic E-state index is 0.0356. The average Bonchev–Trinajstić information content (AvgIpc) is 2.88. The average molecular weight is 288 g/mol. The highest BCUT2D eigenvalue weighted by Gasteiger charge is 2.23. The Bertz CT molecular complexity index is 557. The smallest absolute Gasteiger partial charge is 0.0626 e. The van der Waals surface area contributed by atoms with E-state index in [1.54, 1.807) is 0 Å². The molecule has 1 atom stereocenters. The van der Waals surface area contributed by atoms with Crippen LogP contribution in [0.2, 0.25) is 5.02 Å². The zero-order chi connectivity index (χ0) is 13.9. The fraction of sp³-hybridized carbons (Fsp3) is 0.294. The Labute approximate surface area is 124 Å². The molecule has 0 spiro atoms. The molecule has 1 unspecified atom stereocenters. The first kappa shape index (κ1) is 13.6. The van der Waals surface area contributed by atoms with Gasteiger partial charge in [-0.05, 0) is 41.7 Å². The van der Waals surface area contributed by atoms with Gasteiger partial charge in [0.1, 0.15) is 0 Å². The van der Waals surface area contributed by atoms with Gasteiger partial charge in [-0.2, -0.15) is 0 Å². The first-order valence-corrected chi connectivity index (χ1v) is 7.33. The predicted octanol–water partition coefficient (Wildman–Crippen LogP) is 3.13. The van der Waals surface area contributed by atoms with Crippen LogP contribution in [0.15, 0.2) is 48.5 Å². The maximum atomic E-state index is 9.63. The van der Waals surface area contributed by atoms with Crippen molar-refractivity contribution < 1.29 is 5.11 Å². The molecule has 3 heteroatoms. The normalized spacial score (nSPS) is 16.1. The molecule has 0 aromatic heterocycles. The largest absolute Gasteiger partial charge is 0.394 e. The molecular weight excluding hydrogens is 270 g/mol. The number of fused-ring (bicyclic) bond motifs is 1. The number of benzene rings is 2. The number of hydrogen-bond donors (Lipinski definition) is 2. The molecule has 0 amide bonds. The van der Waals surface area contributed by atoms with Crippen LogP contribution >= 0.6 is 11.6 Å². The number of halogens is 1. The van der Waals surface area contributed by atoms with E-state index in [2.05, 4.69) is 29.6 Å². The molecule has 2 aromatic rings. The molecule has 2 N–H and O–H groups in total. The van der Waals surface area contributed by atoms with Crippen LogP contribution < -0.4 is 5.32 Å². The van der Waals surface area contributed by atoms with E-state index in [0.717, 1.165) is 23.4 Å². The molecule has 0 fully saturated rings. The standard InChI is InChI=1S/C17H18ClNO/c18-15-7-5-12(6-8-15)17(11-20)19-16-9-13-3-1-2-4-14(13)10-16/h1-8,16-17,19-20H,9-11H2. The van der Waals surface area contributed by atoms with Crippen LogP contribution in [0.5, 0.6) is 0 Å². The lowest BCUT2D eigenvalue weighted by Crippen LogP contribution is -2.35. The lowest BCUT2D eigenvalue weighted by molar-refractivity contribution is 0.233. The molecule has 1 aliphatic carbocycles. The Morgan fingerprint density at radius 1 is 1.05 bits per heavy atom. The van der Waals surface area contributed by atoms with Crippen molar-refractivity contribution >= 4 is 11.6 Å². The van der Waals surface area contributed by atoms with E-state index in [1.165, 1.54) is 11.1 Å². The van der Waals surface area contributed by atoms with E-state index in [1.807, 2.05) is 24.3 Å². The van der Waals surface area contributed by atoms with E-state index in [4.69, 9.17) is 11.6 Å². The molecule has 0 bridgehead atoms. The molecule has 0 saturated carbocycles. The number of rotatable bonds is 4. The van der Waals surface area contributed by atoms with Gasteiger partial charge in [0.25, 0.3) is 0 Å². The van der Waals surface area contributed by atoms with Crippen molar-refractivity contribution in [1.29, 1.82) is 0 Å². The molecule has 0 radical (unpaired) electrons. The third-order valence-corrected chi connectivity index (χ3v) is 4.19. The summed E-state index contributed by atoms with van der Waals surface area (Å²) in [6, 6.07) is 16.6. The van der Waals surface area contributed by atoms with Crippen LogP contribution in [0.25, 0.3) is 0 Å². The van der Waals surface area contributed by atoms with Crippen LogP contribution in [0, 0.1) is 0 Å². The Kier molecular flexibility index (Phi) is 4.06. The van der Waals surface area contributed by atoms with Gasteiger partial charge in [-0.1, -0.05) is 48.0 Å². The van der Waals surface area contributed by atoms with Crippen molar-refractivity contribution in [1.82, 2.24) is 5.32 Å². The fourth-order valence-electron chi connectivity index (χ4n) is 2.91. The summed E-state index contributed by atoms with van der Waals surface area (Å²) < 4.78 is 0. The van der Waals surface area contributed by atoms with Gasteiger partial charge in [0.2, 0.25) is 0 Å². The summed E-state index contributed by atoms with van der Waals surface area (Å²) in [4.78, 5) is 0. The lowest BCUT2D eigenvalue weighted by Gasteiger charge is -2.21. The van der Waals surface area contributed by atoms with Crippen LogP contribution in [-0.2, 0) is 12.8 Å². The van der Waals surface area contributed by atoms with Crippen molar-refractivity contribution in [2.75, 3.05) is 6.61 Å². The summed E-state index contributed by atoms with van der Waals surface area (Å²) in [5.74, 6) is 0. The molecule has 2 nitrogen and oxygen atoms in total. The van der Waals surface area contributed by atoms with Gasteiger partial charge in [-0.3, -0.25) is 0 Å². The van der Waals surface area contributed by atoms with Gasteiger partial charge in [0.05, 0.1) is 12.6 Å². The number of aliphatic hydroxyl groups is 1. The van der Waals surface area contributed by atoms with Crippen molar-refractivity contribution in [2.45, 2.75) is 24.9 Å². The maximum Gasteiger partial charge on any atom is 0.0626 e. The van der Waals surface area contributed by atoms with Gasteiger partial charge in [-0.15, -0.1) is 0 Å². The van der Waals surface area contributed by atoms with Gasteiger partial charge in [0, 0.05) is 11.1 Å². The first-order valence-electron chi connectivity index (χ1n) is 6.95. The topological polar surface area (TPSA) is 32.3 Å². The van der Waals surface area contributed by atoms with Crippen molar-refractivity contribution in [2.24, 2.45) is 0 Å². The second kappa shape index (κ2) is 5.96. The predicted molar refractivity (Wildman–Crippen MR) is 82.1 cm³/mol. The molecule has 20 heavy (non-hydrogen) atoms. The Morgan fingerprint density at radius 2 is 1.65 bits per heavy atom. The molecule has 0 aliphatic heterocycles. The monoisotopic (exact) mass is 287 g/mol. The highest BCUT2D eigenvalue weighted by atomic mass is 35.5. The van der Waals surface area contributed by atoms with Crippen molar-refractivity contribution in [3.8, 4) is 0 Å². The van der Waals surface area contributed by atoms with Gasteiger partial charge in [-0.25, -0.2) is 0 Å². The molecule has 1 aliphatic rings. The van der Waals surface area contributed by atoms with E-state index in [-0.39, 0.29) is 12.6 Å². The zero-order valence-corrected chi connectivity index (χ0v) is 12.0. The third kappa shape index (κ3) is 2.88. The molecule has 2 aromatic carbocycles. The molecule has 0 heterocycles. The van der Waals surface area contributed by atoms with Crippen LogP contribution in [0.4, 0.5) is 0 Å². The third-order valence-electron chi connectivity index (χ3n) is 3.94. The summed E-state index contributed by atoms with van der Waals surface area (Å²) >= 11 is 5.91. The van der Waals surface area contributed by atoms with Crippen LogP contribution in [-0.4, -0.2) is 17.8 Å². The molecule has 104 valence electrons. The summed E-state index contributed by atoms with van der Waals surface area (Å²) in [5, 5.41) is 13.9. The molecule has 0 saturated heterocycles. The Hall–Kier alpha value is -1.35. The number of nitrogens with one attached hydrogen (secondary N) is 1. The van der Waals surface area contributed by atoms with E-state index >= 15 is 0 Å². The van der Waals surface area contributed by atoms with Gasteiger partial charge < -0.3 is 10.4 Å². The van der Waals surface area contributed by atoms with Crippen LogP contribution in [0.3, 0.4) is 0 Å². The Balaban J connectivity index is 1.69. The summed E-state index contributed by atoms with van der Waals surface area (Å²) in [5.41, 5.74) is 3.91. The van der Waals surface area contributed by atoms with E-state index in [9.17, 15) is 5.11 Å². The second-order valence-corrected chi connectivity index (χ2v) is 5.76. The van der Waals surface area contributed by atoms with Gasteiger partial charge >= 0.3 is 0 Å². The molecular formula is C17H18ClNO. The van der Waals surface area contributed by atoms with E-state index in [0.29, 0.717) is 6.04 Å². The summed E-state index contributed by atoms with van der Waals surface area (Å²) in [7, 11) is 0. The first-order chi connectivity index (χ1) is 9.76. The van der Waals surface area contributed by atoms with E-state index < -0.39 is 0 Å². The number of hydrogen-bond acceptors (Lipinski definition) is 2. The SMILES string of the molecule is OCC(NC1Cc2ccccc2C1)c1ccc(Cl)cc1. The minimum atomic E-state index is -0.0356. The van der Waals surface area contributed by atoms with Crippen LogP contribution in [0.1, 0.15) is 22.7 Å². The zero-order valence-electron chi connectivity index (χ0n) is 11.2. The minimum Gasteiger partial charge on any atom is -0.394 e. The molecule has 3 rings (SSSR count). The summed E-state index contributed by atoms with van der Waals surface area (Å²) in [6.45, 7) is 0.0917.